The fourth-order valence-electron chi connectivity index (χ4n) is 2.02. The summed E-state index contributed by atoms with van der Waals surface area (Å²) >= 11 is 0. The number of nitrogens with zero attached hydrogens (tertiary/aromatic N) is 1. The molecule has 3 aromatic rings. The summed E-state index contributed by atoms with van der Waals surface area (Å²) in [6.07, 6.45) is 1.42. The number of ether oxygens (including phenoxy) is 1. The number of nitro groups is 1. The minimum atomic E-state index is -0.906. The van der Waals surface area contributed by atoms with Crippen molar-refractivity contribution in [3.8, 4) is 22.8 Å². The molecule has 0 fully saturated rings. The molecular formula is C16H9F2NO4. The molecule has 7 heteroatoms. The van der Waals surface area contributed by atoms with Gasteiger partial charge in [0.1, 0.15) is 17.3 Å². The van der Waals surface area contributed by atoms with E-state index < -0.39 is 16.6 Å². The summed E-state index contributed by atoms with van der Waals surface area (Å²) in [5.74, 6) is -1.45. The first-order chi connectivity index (χ1) is 11.0. The van der Waals surface area contributed by atoms with Gasteiger partial charge in [-0.25, -0.2) is 8.78 Å². The van der Waals surface area contributed by atoms with Gasteiger partial charge in [0.05, 0.1) is 17.3 Å². The molecule has 0 unspecified atom stereocenters. The molecular weight excluding hydrogens is 308 g/mol. The number of furan rings is 1. The molecule has 1 aromatic heterocycles. The van der Waals surface area contributed by atoms with Crippen molar-refractivity contribution in [1.82, 2.24) is 0 Å². The lowest BCUT2D eigenvalue weighted by molar-refractivity contribution is -0.384. The fraction of sp³-hybridized carbons (Fsp3) is 0. The van der Waals surface area contributed by atoms with Crippen LogP contribution >= 0.6 is 0 Å². The van der Waals surface area contributed by atoms with Gasteiger partial charge in [-0.3, -0.25) is 10.1 Å². The van der Waals surface area contributed by atoms with Crippen molar-refractivity contribution in [2.24, 2.45) is 0 Å². The summed E-state index contributed by atoms with van der Waals surface area (Å²) in [5, 5.41) is 11.0. The molecule has 0 N–H and O–H groups in total. The minimum absolute atomic E-state index is 0.0381. The average molecular weight is 317 g/mol. The molecule has 23 heavy (non-hydrogen) atoms. The van der Waals surface area contributed by atoms with E-state index in [2.05, 4.69) is 0 Å². The summed E-state index contributed by atoms with van der Waals surface area (Å²) in [7, 11) is 0. The lowest BCUT2D eigenvalue weighted by atomic mass is 10.1. The van der Waals surface area contributed by atoms with Gasteiger partial charge in [0.15, 0.2) is 11.6 Å². The summed E-state index contributed by atoms with van der Waals surface area (Å²) in [5.41, 5.74) is 0.165. The summed E-state index contributed by atoms with van der Waals surface area (Å²) < 4.78 is 37.1. The first kappa shape index (κ1) is 14.7. The van der Waals surface area contributed by atoms with Crippen LogP contribution in [0.3, 0.4) is 0 Å². The van der Waals surface area contributed by atoms with Crippen LogP contribution in [0.4, 0.5) is 14.5 Å². The van der Waals surface area contributed by atoms with E-state index in [9.17, 15) is 18.9 Å². The summed E-state index contributed by atoms with van der Waals surface area (Å²) in [6.45, 7) is 0. The minimum Gasteiger partial charge on any atom is -0.464 e. The number of nitro benzene ring substituents is 1. The Morgan fingerprint density at radius 2 is 1.91 bits per heavy atom. The maximum absolute atomic E-state index is 13.7. The number of benzene rings is 2. The smallest absolute Gasteiger partial charge is 0.273 e. The van der Waals surface area contributed by atoms with E-state index in [0.29, 0.717) is 17.4 Å². The number of non-ortho nitro benzene ring substituents is 1. The SMILES string of the molecule is O=[N+]([O-])c1cc(Oc2ccc(F)cc2F)cc(-c2ccco2)c1. The van der Waals surface area contributed by atoms with Crippen LogP contribution in [0.25, 0.3) is 11.3 Å². The Kier molecular flexibility index (Phi) is 3.76. The van der Waals surface area contributed by atoms with Crippen molar-refractivity contribution in [1.29, 1.82) is 0 Å². The van der Waals surface area contributed by atoms with Crippen molar-refractivity contribution in [3.63, 3.8) is 0 Å². The molecule has 0 amide bonds. The topological polar surface area (TPSA) is 65.5 Å². The predicted octanol–water partition coefficient (Wildman–Crippen LogP) is 4.93. The third-order valence-corrected chi connectivity index (χ3v) is 3.03. The van der Waals surface area contributed by atoms with E-state index in [4.69, 9.17) is 9.15 Å². The molecule has 5 nitrogen and oxygen atoms in total. The lowest BCUT2D eigenvalue weighted by Crippen LogP contribution is -1.93. The first-order valence-electron chi connectivity index (χ1n) is 6.49. The Bertz CT molecular complexity index is 863. The van der Waals surface area contributed by atoms with Crippen LogP contribution in [-0.4, -0.2) is 4.92 Å². The van der Waals surface area contributed by atoms with Crippen LogP contribution in [0.2, 0.25) is 0 Å². The third kappa shape index (κ3) is 3.18. The zero-order chi connectivity index (χ0) is 16.4. The summed E-state index contributed by atoms with van der Waals surface area (Å²) in [6, 6.07) is 9.99. The molecule has 0 bridgehead atoms. The van der Waals surface area contributed by atoms with E-state index in [1.807, 2.05) is 0 Å². The second-order valence-corrected chi connectivity index (χ2v) is 4.63. The van der Waals surface area contributed by atoms with Crippen LogP contribution in [-0.2, 0) is 0 Å². The molecule has 0 saturated heterocycles. The molecule has 116 valence electrons. The van der Waals surface area contributed by atoms with E-state index in [0.717, 1.165) is 18.2 Å². The molecule has 3 rings (SSSR count). The molecule has 0 radical (unpaired) electrons. The van der Waals surface area contributed by atoms with E-state index in [1.54, 1.807) is 12.1 Å². The zero-order valence-electron chi connectivity index (χ0n) is 11.5. The molecule has 1 heterocycles. The van der Waals surface area contributed by atoms with Crippen LogP contribution in [0.1, 0.15) is 0 Å². The highest BCUT2D eigenvalue weighted by Gasteiger charge is 2.15. The Morgan fingerprint density at radius 1 is 1.09 bits per heavy atom. The van der Waals surface area contributed by atoms with Crippen molar-refractivity contribution in [3.05, 3.63) is 76.5 Å². The van der Waals surface area contributed by atoms with E-state index in [1.165, 1.54) is 18.4 Å². The number of hydrogen-bond acceptors (Lipinski definition) is 4. The predicted molar refractivity (Wildman–Crippen MR) is 77.2 cm³/mol. The van der Waals surface area contributed by atoms with Crippen molar-refractivity contribution < 1.29 is 22.9 Å². The van der Waals surface area contributed by atoms with Gasteiger partial charge < -0.3 is 9.15 Å². The van der Waals surface area contributed by atoms with Crippen LogP contribution in [0.15, 0.2) is 59.2 Å². The Labute approximate surface area is 128 Å². The van der Waals surface area contributed by atoms with E-state index in [-0.39, 0.29) is 17.2 Å². The van der Waals surface area contributed by atoms with Gasteiger partial charge in [0.25, 0.3) is 5.69 Å². The second kappa shape index (κ2) is 5.88. The van der Waals surface area contributed by atoms with Crippen molar-refractivity contribution in [2.45, 2.75) is 0 Å². The van der Waals surface area contributed by atoms with Crippen LogP contribution in [0, 0.1) is 21.7 Å². The molecule has 0 saturated carbocycles. The van der Waals surface area contributed by atoms with E-state index >= 15 is 0 Å². The van der Waals surface area contributed by atoms with Gasteiger partial charge in [-0.15, -0.1) is 0 Å². The molecule has 2 aromatic carbocycles. The fourth-order valence-corrected chi connectivity index (χ4v) is 2.02. The maximum Gasteiger partial charge on any atom is 0.273 e. The highest BCUT2D eigenvalue weighted by molar-refractivity contribution is 5.64. The Hall–Kier alpha value is -3.22. The van der Waals surface area contributed by atoms with Gasteiger partial charge in [-0.1, -0.05) is 0 Å². The zero-order valence-corrected chi connectivity index (χ0v) is 11.5. The quantitative estimate of drug-likeness (QED) is 0.506. The summed E-state index contributed by atoms with van der Waals surface area (Å²) in [4.78, 5) is 10.4. The van der Waals surface area contributed by atoms with Crippen molar-refractivity contribution >= 4 is 5.69 Å². The molecule has 0 spiro atoms. The maximum atomic E-state index is 13.7. The average Bonchev–Trinajstić information content (AvgIpc) is 3.04. The molecule has 0 aliphatic rings. The first-order valence-corrected chi connectivity index (χ1v) is 6.49. The highest BCUT2D eigenvalue weighted by Crippen LogP contribution is 2.33. The van der Waals surface area contributed by atoms with Gasteiger partial charge >= 0.3 is 0 Å². The van der Waals surface area contributed by atoms with Gasteiger partial charge in [-0.05, 0) is 30.3 Å². The Morgan fingerprint density at radius 3 is 2.57 bits per heavy atom. The molecule has 0 aliphatic heterocycles. The van der Waals surface area contributed by atoms with Crippen LogP contribution < -0.4 is 4.74 Å². The molecule has 0 atom stereocenters. The third-order valence-electron chi connectivity index (χ3n) is 3.03. The van der Waals surface area contributed by atoms with Gasteiger partial charge in [0, 0.05) is 17.7 Å². The normalized spacial score (nSPS) is 10.5. The van der Waals surface area contributed by atoms with Crippen LogP contribution in [0.5, 0.6) is 11.5 Å². The monoisotopic (exact) mass is 317 g/mol. The number of rotatable bonds is 4. The lowest BCUT2D eigenvalue weighted by Gasteiger charge is -2.08. The highest BCUT2D eigenvalue weighted by atomic mass is 19.1. The number of halogens is 2. The standard InChI is InChI=1S/C16H9F2NO4/c17-11-3-4-16(14(18)8-11)23-13-7-10(15-2-1-5-22-15)6-12(9-13)19(20)21/h1-9H. The van der Waals surface area contributed by atoms with Crippen molar-refractivity contribution in [2.75, 3.05) is 0 Å². The second-order valence-electron chi connectivity index (χ2n) is 4.63. The van der Waals surface area contributed by atoms with Gasteiger partial charge in [-0.2, -0.15) is 0 Å². The molecule has 0 aliphatic carbocycles. The number of hydrogen-bond donors (Lipinski definition) is 0. The Balaban J connectivity index is 2.02. The van der Waals surface area contributed by atoms with Gasteiger partial charge in [0.2, 0.25) is 0 Å². The largest absolute Gasteiger partial charge is 0.464 e.